The zero-order valence-corrected chi connectivity index (χ0v) is 4.98. The number of hydrogen-bond acceptors (Lipinski definition) is 3. The van der Waals surface area contributed by atoms with Crippen molar-refractivity contribution >= 4 is 0 Å². The predicted molar refractivity (Wildman–Crippen MR) is 33.2 cm³/mol. The fraction of sp³-hybridized carbons (Fsp3) is 1.00. The topological polar surface area (TPSA) is 50.1 Å². The summed E-state index contributed by atoms with van der Waals surface area (Å²) in [7, 11) is 0. The Morgan fingerprint density at radius 3 is 3.12 bits per heavy atom. The first-order chi connectivity index (χ1) is 3.93. The van der Waals surface area contributed by atoms with Gasteiger partial charge >= 0.3 is 0 Å². The van der Waals surface area contributed by atoms with Crippen LogP contribution in [0, 0.1) is 0 Å². The highest BCUT2D eigenvalue weighted by Crippen LogP contribution is 2.01. The van der Waals surface area contributed by atoms with Gasteiger partial charge in [0.25, 0.3) is 0 Å². The highest BCUT2D eigenvalue weighted by atomic mass is 15.2. The van der Waals surface area contributed by atoms with Gasteiger partial charge in [0.1, 0.15) is 0 Å². The minimum absolute atomic E-state index is 0.625. The van der Waals surface area contributed by atoms with Crippen molar-refractivity contribution in [1.82, 2.24) is 10.7 Å². The molecule has 1 aliphatic heterocycles. The van der Waals surface area contributed by atoms with Gasteiger partial charge in [-0.1, -0.05) is 0 Å². The monoisotopic (exact) mass is 115 g/mol. The summed E-state index contributed by atoms with van der Waals surface area (Å²) in [4.78, 5) is 0. The first-order valence-corrected chi connectivity index (χ1v) is 3.10. The molecule has 1 saturated heterocycles. The second-order valence-electron chi connectivity index (χ2n) is 2.20. The van der Waals surface area contributed by atoms with Crippen LogP contribution in [0.3, 0.4) is 0 Å². The van der Waals surface area contributed by atoms with Crippen LogP contribution in [0.15, 0.2) is 0 Å². The molecule has 0 aromatic rings. The van der Waals surface area contributed by atoms with Gasteiger partial charge in [0.05, 0.1) is 0 Å². The first-order valence-electron chi connectivity index (χ1n) is 3.10. The van der Waals surface area contributed by atoms with Crippen LogP contribution in [0.4, 0.5) is 0 Å². The van der Waals surface area contributed by atoms with E-state index in [-0.39, 0.29) is 0 Å². The van der Waals surface area contributed by atoms with Crippen molar-refractivity contribution in [2.45, 2.75) is 18.9 Å². The molecule has 0 amide bonds. The molecule has 48 valence electrons. The fourth-order valence-electron chi connectivity index (χ4n) is 1.07. The Morgan fingerprint density at radius 2 is 2.62 bits per heavy atom. The molecule has 1 rings (SSSR count). The molecule has 1 fully saturated rings. The Balaban J connectivity index is 2.06. The van der Waals surface area contributed by atoms with Gasteiger partial charge in [-0.05, 0) is 19.4 Å². The van der Waals surface area contributed by atoms with Gasteiger partial charge in [0.15, 0.2) is 0 Å². The zero-order chi connectivity index (χ0) is 5.82. The van der Waals surface area contributed by atoms with E-state index in [0.717, 1.165) is 13.1 Å². The normalized spacial score (nSPS) is 28.9. The summed E-state index contributed by atoms with van der Waals surface area (Å²) >= 11 is 0. The van der Waals surface area contributed by atoms with Crippen LogP contribution in [0.5, 0.6) is 0 Å². The Bertz CT molecular complexity index is 58.7. The van der Waals surface area contributed by atoms with Crippen LogP contribution >= 0.6 is 0 Å². The van der Waals surface area contributed by atoms with Crippen molar-refractivity contribution in [3.63, 3.8) is 0 Å². The Morgan fingerprint density at radius 1 is 1.75 bits per heavy atom. The maximum absolute atomic E-state index is 5.12. The molecule has 4 N–H and O–H groups in total. The van der Waals surface area contributed by atoms with Crippen molar-refractivity contribution in [1.29, 1.82) is 0 Å². The quantitative estimate of drug-likeness (QED) is 0.326. The standard InChI is InChI=1S/C5H13N3/c6-8-4-5-2-1-3-7-5/h5,7-8H,1-4,6H2/t5-/m0/s1. The summed E-state index contributed by atoms with van der Waals surface area (Å²) in [6.45, 7) is 2.06. The summed E-state index contributed by atoms with van der Waals surface area (Å²) in [6, 6.07) is 0.625. The van der Waals surface area contributed by atoms with E-state index in [1.165, 1.54) is 12.8 Å². The minimum atomic E-state index is 0.625. The molecule has 0 aromatic heterocycles. The van der Waals surface area contributed by atoms with Crippen molar-refractivity contribution in [3.05, 3.63) is 0 Å². The number of nitrogens with two attached hydrogens (primary N) is 1. The molecule has 1 aliphatic rings. The van der Waals surface area contributed by atoms with Crippen LogP contribution in [0.25, 0.3) is 0 Å². The zero-order valence-electron chi connectivity index (χ0n) is 4.98. The smallest absolute Gasteiger partial charge is 0.0252 e. The molecular weight excluding hydrogens is 102 g/mol. The van der Waals surface area contributed by atoms with Crippen LogP contribution < -0.4 is 16.6 Å². The lowest BCUT2D eigenvalue weighted by Gasteiger charge is -2.06. The molecule has 0 aliphatic carbocycles. The Labute approximate surface area is 49.6 Å². The lowest BCUT2D eigenvalue weighted by Crippen LogP contribution is -2.37. The summed E-state index contributed by atoms with van der Waals surface area (Å²) in [5.41, 5.74) is 2.65. The van der Waals surface area contributed by atoms with E-state index in [4.69, 9.17) is 5.84 Å². The molecule has 0 saturated carbocycles. The van der Waals surface area contributed by atoms with E-state index < -0.39 is 0 Å². The van der Waals surface area contributed by atoms with Gasteiger partial charge in [0.2, 0.25) is 0 Å². The SMILES string of the molecule is NNC[C@@H]1CCCN1. The molecular formula is C5H13N3. The maximum atomic E-state index is 5.12. The lowest BCUT2D eigenvalue weighted by atomic mass is 10.2. The number of rotatable bonds is 2. The van der Waals surface area contributed by atoms with Crippen molar-refractivity contribution in [2.75, 3.05) is 13.1 Å². The molecule has 3 heteroatoms. The second kappa shape index (κ2) is 3.02. The van der Waals surface area contributed by atoms with Crippen LogP contribution in [0.1, 0.15) is 12.8 Å². The second-order valence-corrected chi connectivity index (χ2v) is 2.20. The van der Waals surface area contributed by atoms with Gasteiger partial charge in [-0.15, -0.1) is 0 Å². The molecule has 0 unspecified atom stereocenters. The summed E-state index contributed by atoms with van der Waals surface area (Å²) in [5, 5.41) is 3.32. The Kier molecular flexibility index (Phi) is 2.27. The fourth-order valence-corrected chi connectivity index (χ4v) is 1.07. The van der Waals surface area contributed by atoms with E-state index in [9.17, 15) is 0 Å². The van der Waals surface area contributed by atoms with Gasteiger partial charge in [0, 0.05) is 12.6 Å². The van der Waals surface area contributed by atoms with E-state index >= 15 is 0 Å². The third-order valence-corrected chi connectivity index (χ3v) is 1.53. The van der Waals surface area contributed by atoms with E-state index in [1.54, 1.807) is 0 Å². The molecule has 0 radical (unpaired) electrons. The molecule has 1 heterocycles. The molecule has 8 heavy (non-hydrogen) atoms. The van der Waals surface area contributed by atoms with Crippen molar-refractivity contribution in [3.8, 4) is 0 Å². The summed E-state index contributed by atoms with van der Waals surface area (Å²) < 4.78 is 0. The van der Waals surface area contributed by atoms with Gasteiger partial charge in [-0.3, -0.25) is 11.3 Å². The molecule has 3 nitrogen and oxygen atoms in total. The molecule has 1 atom stereocenters. The van der Waals surface area contributed by atoms with E-state index in [2.05, 4.69) is 10.7 Å². The van der Waals surface area contributed by atoms with Gasteiger partial charge in [-0.25, -0.2) is 0 Å². The Hall–Kier alpha value is -0.120. The summed E-state index contributed by atoms with van der Waals surface area (Å²) in [6.07, 6.45) is 2.57. The highest BCUT2D eigenvalue weighted by molar-refractivity contribution is 4.74. The average molecular weight is 115 g/mol. The average Bonchev–Trinajstić information content (AvgIpc) is 2.19. The predicted octanol–water partition coefficient (Wildman–Crippen LogP) is -0.798. The number of hydrazine groups is 1. The first kappa shape index (κ1) is 6.01. The third-order valence-electron chi connectivity index (χ3n) is 1.53. The third kappa shape index (κ3) is 1.43. The largest absolute Gasteiger partial charge is 0.313 e. The summed E-state index contributed by atoms with van der Waals surface area (Å²) in [5.74, 6) is 5.12. The molecule has 0 aromatic carbocycles. The number of nitrogens with one attached hydrogen (secondary N) is 2. The van der Waals surface area contributed by atoms with E-state index in [0.29, 0.717) is 6.04 Å². The van der Waals surface area contributed by atoms with E-state index in [1.807, 2.05) is 0 Å². The van der Waals surface area contributed by atoms with Crippen LogP contribution in [0.2, 0.25) is 0 Å². The van der Waals surface area contributed by atoms with Crippen molar-refractivity contribution in [2.24, 2.45) is 5.84 Å². The maximum Gasteiger partial charge on any atom is 0.0252 e. The van der Waals surface area contributed by atoms with Crippen LogP contribution in [-0.2, 0) is 0 Å². The highest BCUT2D eigenvalue weighted by Gasteiger charge is 2.11. The molecule has 0 bridgehead atoms. The lowest BCUT2D eigenvalue weighted by molar-refractivity contribution is 0.548. The van der Waals surface area contributed by atoms with Crippen LogP contribution in [-0.4, -0.2) is 19.1 Å². The minimum Gasteiger partial charge on any atom is -0.313 e. The molecule has 0 spiro atoms. The van der Waals surface area contributed by atoms with Crippen molar-refractivity contribution < 1.29 is 0 Å². The van der Waals surface area contributed by atoms with Gasteiger partial charge < -0.3 is 5.32 Å². The van der Waals surface area contributed by atoms with Gasteiger partial charge in [-0.2, -0.15) is 0 Å². The number of hydrogen-bond donors (Lipinski definition) is 3.